The Morgan fingerprint density at radius 2 is 1.65 bits per heavy atom. The summed E-state index contributed by atoms with van der Waals surface area (Å²) < 4.78 is 34.2. The number of hydrogen-bond donors (Lipinski definition) is 1. The number of amides is 2. The largest absolute Gasteiger partial charge is 0.497 e. The van der Waals surface area contributed by atoms with Crippen LogP contribution in [-0.4, -0.2) is 50.9 Å². The van der Waals surface area contributed by atoms with Gasteiger partial charge in [0.15, 0.2) is 0 Å². The van der Waals surface area contributed by atoms with Gasteiger partial charge in [0.25, 0.3) is 10.0 Å². The summed E-state index contributed by atoms with van der Waals surface area (Å²) in [6.45, 7) is 3.32. The standard InChI is InChI=1S/C31H37N3O5S/c1-23-12-7-8-13-25(23)21-33(24(2)31(36)32-26-14-9-10-15-26)30(35)22-34(27-16-11-17-28(20-27)39-3)40(37,38)29-18-5-4-6-19-29/h4-8,11-13,16-20,24,26H,9-10,14-15,21-22H2,1-3H3,(H,32,36)/t24-/m0/s1. The monoisotopic (exact) mass is 563 g/mol. The number of carbonyl (C=O) groups excluding carboxylic acids is 2. The Labute approximate surface area is 237 Å². The minimum atomic E-state index is -4.12. The molecule has 1 aliphatic carbocycles. The molecule has 1 fully saturated rings. The van der Waals surface area contributed by atoms with Gasteiger partial charge in [0.1, 0.15) is 18.3 Å². The molecule has 8 nitrogen and oxygen atoms in total. The summed E-state index contributed by atoms with van der Waals surface area (Å²) in [7, 11) is -2.63. The Morgan fingerprint density at radius 1 is 0.975 bits per heavy atom. The first-order valence-corrected chi connectivity index (χ1v) is 15.0. The van der Waals surface area contributed by atoms with E-state index in [1.165, 1.54) is 24.1 Å². The van der Waals surface area contributed by atoms with Crippen molar-refractivity contribution >= 4 is 27.5 Å². The zero-order valence-corrected chi connectivity index (χ0v) is 24.1. The smallest absolute Gasteiger partial charge is 0.264 e. The number of hydrogen-bond acceptors (Lipinski definition) is 5. The molecule has 1 saturated carbocycles. The zero-order valence-electron chi connectivity index (χ0n) is 23.2. The van der Waals surface area contributed by atoms with Crippen molar-refractivity contribution in [2.45, 2.75) is 63.1 Å². The Morgan fingerprint density at radius 3 is 2.33 bits per heavy atom. The second-order valence-electron chi connectivity index (χ2n) is 10.1. The van der Waals surface area contributed by atoms with Gasteiger partial charge in [-0.1, -0.05) is 61.4 Å². The summed E-state index contributed by atoms with van der Waals surface area (Å²) in [5.74, 6) is -0.272. The lowest BCUT2D eigenvalue weighted by atomic mass is 10.1. The van der Waals surface area contributed by atoms with E-state index in [0.29, 0.717) is 5.75 Å². The van der Waals surface area contributed by atoms with Crippen LogP contribution >= 0.6 is 0 Å². The van der Waals surface area contributed by atoms with Gasteiger partial charge in [0.2, 0.25) is 11.8 Å². The van der Waals surface area contributed by atoms with Gasteiger partial charge in [0.05, 0.1) is 17.7 Å². The van der Waals surface area contributed by atoms with Crippen molar-refractivity contribution in [2.75, 3.05) is 18.0 Å². The second-order valence-corrected chi connectivity index (χ2v) is 12.0. The van der Waals surface area contributed by atoms with Crippen LogP contribution in [0.15, 0.2) is 83.8 Å². The third-order valence-electron chi connectivity index (χ3n) is 7.42. The average molecular weight is 564 g/mol. The minimum Gasteiger partial charge on any atom is -0.497 e. The van der Waals surface area contributed by atoms with E-state index < -0.39 is 28.5 Å². The normalized spacial score (nSPS) is 14.4. The molecule has 3 aromatic rings. The first-order valence-electron chi connectivity index (χ1n) is 13.6. The van der Waals surface area contributed by atoms with Crippen molar-refractivity contribution in [3.8, 4) is 5.75 Å². The number of nitrogens with zero attached hydrogens (tertiary/aromatic N) is 2. The Balaban J connectivity index is 1.70. The molecule has 0 bridgehead atoms. The van der Waals surface area contributed by atoms with Crippen molar-refractivity contribution in [2.24, 2.45) is 0 Å². The molecule has 0 heterocycles. The molecule has 0 saturated heterocycles. The van der Waals surface area contributed by atoms with Gasteiger partial charge in [-0.15, -0.1) is 0 Å². The Kier molecular flexibility index (Phi) is 9.47. The number of rotatable bonds is 11. The van der Waals surface area contributed by atoms with Gasteiger partial charge in [-0.25, -0.2) is 8.42 Å². The number of sulfonamides is 1. The van der Waals surface area contributed by atoms with Crippen LogP contribution in [0.2, 0.25) is 0 Å². The van der Waals surface area contributed by atoms with Gasteiger partial charge in [-0.3, -0.25) is 13.9 Å². The average Bonchev–Trinajstić information content (AvgIpc) is 3.48. The van der Waals surface area contributed by atoms with Crippen LogP contribution in [0.3, 0.4) is 0 Å². The highest BCUT2D eigenvalue weighted by Gasteiger charge is 2.33. The van der Waals surface area contributed by atoms with E-state index in [2.05, 4.69) is 5.32 Å². The molecule has 40 heavy (non-hydrogen) atoms. The Hall–Kier alpha value is -3.85. The lowest BCUT2D eigenvalue weighted by Crippen LogP contribution is -2.52. The summed E-state index contributed by atoms with van der Waals surface area (Å²) in [6, 6.07) is 21.5. The van der Waals surface area contributed by atoms with E-state index in [1.807, 2.05) is 31.2 Å². The maximum atomic E-state index is 14.1. The first kappa shape index (κ1) is 29.1. The van der Waals surface area contributed by atoms with Crippen LogP contribution < -0.4 is 14.4 Å². The van der Waals surface area contributed by atoms with E-state index in [9.17, 15) is 18.0 Å². The van der Waals surface area contributed by atoms with E-state index in [0.717, 1.165) is 41.1 Å². The minimum absolute atomic E-state index is 0.0584. The Bertz CT molecular complexity index is 1420. The van der Waals surface area contributed by atoms with E-state index >= 15 is 0 Å². The maximum Gasteiger partial charge on any atom is 0.264 e. The van der Waals surface area contributed by atoms with Crippen molar-refractivity contribution in [3.05, 3.63) is 90.0 Å². The summed E-state index contributed by atoms with van der Waals surface area (Å²) in [5.41, 5.74) is 2.15. The number of nitrogens with one attached hydrogen (secondary N) is 1. The van der Waals surface area contributed by atoms with Gasteiger partial charge in [-0.2, -0.15) is 0 Å². The molecule has 1 aliphatic rings. The number of anilines is 1. The van der Waals surface area contributed by atoms with Gasteiger partial charge in [-0.05, 0) is 62.1 Å². The molecular weight excluding hydrogens is 526 g/mol. The van der Waals surface area contributed by atoms with Crippen LogP contribution in [0.4, 0.5) is 5.69 Å². The summed E-state index contributed by atoms with van der Waals surface area (Å²) in [6.07, 6.45) is 3.97. The molecule has 1 atom stereocenters. The molecule has 0 aromatic heterocycles. The molecular formula is C31H37N3O5S. The highest BCUT2D eigenvalue weighted by molar-refractivity contribution is 7.92. The number of ether oxygens (including phenoxy) is 1. The summed E-state index contributed by atoms with van der Waals surface area (Å²) >= 11 is 0. The number of benzene rings is 3. The van der Waals surface area contributed by atoms with Gasteiger partial charge in [0, 0.05) is 18.7 Å². The van der Waals surface area contributed by atoms with Crippen LogP contribution in [0.5, 0.6) is 5.75 Å². The molecule has 2 amide bonds. The fraction of sp³-hybridized carbons (Fsp3) is 0.355. The molecule has 0 radical (unpaired) electrons. The number of carbonyl (C=O) groups is 2. The zero-order chi connectivity index (χ0) is 28.7. The van der Waals surface area contributed by atoms with E-state index in [1.54, 1.807) is 49.4 Å². The van der Waals surface area contributed by atoms with Crippen LogP contribution in [-0.2, 0) is 26.2 Å². The fourth-order valence-electron chi connectivity index (χ4n) is 4.96. The lowest BCUT2D eigenvalue weighted by Gasteiger charge is -2.33. The number of methoxy groups -OCH3 is 1. The van der Waals surface area contributed by atoms with Gasteiger partial charge >= 0.3 is 0 Å². The highest BCUT2D eigenvalue weighted by Crippen LogP contribution is 2.28. The van der Waals surface area contributed by atoms with Crippen LogP contribution in [0, 0.1) is 6.92 Å². The molecule has 1 N–H and O–H groups in total. The van der Waals surface area contributed by atoms with Crippen LogP contribution in [0.1, 0.15) is 43.7 Å². The SMILES string of the molecule is COc1cccc(N(CC(=O)N(Cc2ccccc2C)[C@@H](C)C(=O)NC2CCCC2)S(=O)(=O)c2ccccc2)c1. The molecule has 4 rings (SSSR count). The predicted molar refractivity (Wildman–Crippen MR) is 156 cm³/mol. The quantitative estimate of drug-likeness (QED) is 0.366. The molecule has 3 aromatic carbocycles. The van der Waals surface area contributed by atoms with Gasteiger partial charge < -0.3 is 15.0 Å². The fourth-order valence-corrected chi connectivity index (χ4v) is 6.39. The summed E-state index contributed by atoms with van der Waals surface area (Å²) in [4.78, 5) is 28.9. The summed E-state index contributed by atoms with van der Waals surface area (Å²) in [5, 5.41) is 3.09. The first-order chi connectivity index (χ1) is 19.2. The molecule has 0 aliphatic heterocycles. The van der Waals surface area contributed by atoms with Crippen molar-refractivity contribution in [1.82, 2.24) is 10.2 Å². The van der Waals surface area contributed by atoms with Crippen LogP contribution in [0.25, 0.3) is 0 Å². The number of aryl methyl sites for hydroxylation is 1. The lowest BCUT2D eigenvalue weighted by molar-refractivity contribution is -0.139. The topological polar surface area (TPSA) is 96.0 Å². The highest BCUT2D eigenvalue weighted by atomic mass is 32.2. The molecule has 0 spiro atoms. The molecule has 9 heteroatoms. The predicted octanol–water partition coefficient (Wildman–Crippen LogP) is 4.68. The molecule has 212 valence electrons. The second kappa shape index (κ2) is 13.0. The third-order valence-corrected chi connectivity index (χ3v) is 9.21. The van der Waals surface area contributed by atoms with Crippen molar-refractivity contribution in [1.29, 1.82) is 0 Å². The third kappa shape index (κ3) is 6.83. The van der Waals surface area contributed by atoms with E-state index in [4.69, 9.17) is 4.74 Å². The van der Waals surface area contributed by atoms with E-state index in [-0.39, 0.29) is 29.1 Å². The van der Waals surface area contributed by atoms with Crippen molar-refractivity contribution in [3.63, 3.8) is 0 Å². The maximum absolute atomic E-state index is 14.1. The molecule has 0 unspecified atom stereocenters. The van der Waals surface area contributed by atoms with Crippen molar-refractivity contribution < 1.29 is 22.7 Å².